The number of allylic oxidation sites excluding steroid dienone is 2. The zero-order valence-electron chi connectivity index (χ0n) is 13.1. The first kappa shape index (κ1) is 15.5. The molecule has 3 rings (SSSR count). The van der Waals surface area contributed by atoms with E-state index in [2.05, 4.69) is 5.32 Å². The molecule has 2 aliphatic rings. The summed E-state index contributed by atoms with van der Waals surface area (Å²) in [5.74, 6) is -0.909. The first-order valence-electron chi connectivity index (χ1n) is 7.93. The van der Waals surface area contributed by atoms with E-state index in [1.54, 1.807) is 0 Å². The van der Waals surface area contributed by atoms with Gasteiger partial charge in [-0.2, -0.15) is 0 Å². The Balaban J connectivity index is 1.58. The minimum Gasteiger partial charge on any atom is -0.326 e. The molecule has 1 saturated heterocycles. The largest absolute Gasteiger partial charge is 0.326 e. The highest BCUT2D eigenvalue weighted by Gasteiger charge is 2.46. The van der Waals surface area contributed by atoms with Crippen LogP contribution >= 0.6 is 0 Å². The van der Waals surface area contributed by atoms with E-state index >= 15 is 0 Å². The molecule has 3 amide bonds. The summed E-state index contributed by atoms with van der Waals surface area (Å²) in [6, 6.07) is 7.51. The van der Waals surface area contributed by atoms with Gasteiger partial charge in [-0.1, -0.05) is 30.4 Å². The van der Waals surface area contributed by atoms with E-state index in [-0.39, 0.29) is 42.5 Å². The normalized spacial score (nSPS) is 23.1. The number of amides is 3. The van der Waals surface area contributed by atoms with Crippen molar-refractivity contribution >= 4 is 23.4 Å². The Morgan fingerprint density at radius 1 is 1.13 bits per heavy atom. The molecule has 1 aromatic carbocycles. The van der Waals surface area contributed by atoms with Crippen LogP contribution in [0.5, 0.6) is 0 Å². The van der Waals surface area contributed by atoms with Crippen molar-refractivity contribution in [3.05, 3.63) is 42.0 Å². The number of carbonyl (C=O) groups is 3. The van der Waals surface area contributed by atoms with Gasteiger partial charge in [0.1, 0.15) is 0 Å². The third-order valence-electron chi connectivity index (χ3n) is 4.58. The highest BCUT2D eigenvalue weighted by molar-refractivity contribution is 6.05. The lowest BCUT2D eigenvalue weighted by Gasteiger charge is -2.15. The van der Waals surface area contributed by atoms with Crippen LogP contribution < -0.4 is 5.32 Å². The van der Waals surface area contributed by atoms with Crippen molar-refractivity contribution in [1.82, 2.24) is 4.90 Å². The lowest BCUT2D eigenvalue weighted by molar-refractivity contribution is -0.140. The van der Waals surface area contributed by atoms with Crippen LogP contribution in [-0.2, 0) is 14.4 Å². The Morgan fingerprint density at radius 2 is 1.74 bits per heavy atom. The number of fused-ring (bicyclic) bond motifs is 1. The van der Waals surface area contributed by atoms with Crippen molar-refractivity contribution in [2.24, 2.45) is 11.8 Å². The van der Waals surface area contributed by atoms with Crippen LogP contribution in [-0.4, -0.2) is 29.2 Å². The second-order valence-electron chi connectivity index (χ2n) is 6.10. The topological polar surface area (TPSA) is 66.5 Å². The fraction of sp³-hybridized carbons (Fsp3) is 0.389. The number of hydrogen-bond acceptors (Lipinski definition) is 3. The zero-order valence-corrected chi connectivity index (χ0v) is 13.1. The Hall–Kier alpha value is -2.43. The van der Waals surface area contributed by atoms with E-state index < -0.39 is 0 Å². The minimum absolute atomic E-state index is 0.124. The number of carbonyl (C=O) groups excluding carboxylic acids is 3. The molecule has 2 atom stereocenters. The molecule has 1 heterocycles. The number of anilines is 1. The number of hydrogen-bond donors (Lipinski definition) is 1. The van der Waals surface area contributed by atoms with Gasteiger partial charge in [0.05, 0.1) is 11.8 Å². The SMILES string of the molecule is Cc1ccccc1NC(=O)CCN1C(=O)[C@H]2CC=CC[C@@H]2C1=O. The second kappa shape index (κ2) is 6.36. The Bertz CT molecular complexity index is 655. The van der Waals surface area contributed by atoms with Crippen LogP contribution in [0.1, 0.15) is 24.8 Å². The lowest BCUT2D eigenvalue weighted by Crippen LogP contribution is -2.34. The summed E-state index contributed by atoms with van der Waals surface area (Å²) in [5.41, 5.74) is 1.74. The van der Waals surface area contributed by atoms with E-state index in [1.165, 1.54) is 4.90 Å². The number of para-hydroxylation sites is 1. The molecule has 5 heteroatoms. The van der Waals surface area contributed by atoms with Gasteiger partial charge in [-0.15, -0.1) is 0 Å². The molecule has 1 aliphatic heterocycles. The summed E-state index contributed by atoms with van der Waals surface area (Å²) >= 11 is 0. The predicted octanol–water partition coefficient (Wildman–Crippen LogP) is 2.27. The number of aryl methyl sites for hydroxylation is 1. The predicted molar refractivity (Wildman–Crippen MR) is 86.5 cm³/mol. The van der Waals surface area contributed by atoms with Crippen LogP contribution in [0.2, 0.25) is 0 Å². The van der Waals surface area contributed by atoms with E-state index in [9.17, 15) is 14.4 Å². The molecular weight excluding hydrogens is 292 g/mol. The van der Waals surface area contributed by atoms with Gasteiger partial charge in [0, 0.05) is 18.7 Å². The van der Waals surface area contributed by atoms with E-state index in [1.807, 2.05) is 43.3 Å². The van der Waals surface area contributed by atoms with Gasteiger partial charge >= 0.3 is 0 Å². The van der Waals surface area contributed by atoms with Crippen molar-refractivity contribution < 1.29 is 14.4 Å². The number of rotatable bonds is 4. The molecule has 5 nitrogen and oxygen atoms in total. The number of nitrogens with one attached hydrogen (secondary N) is 1. The Kier molecular flexibility index (Phi) is 4.28. The third kappa shape index (κ3) is 3.04. The highest BCUT2D eigenvalue weighted by atomic mass is 16.2. The average Bonchev–Trinajstić information content (AvgIpc) is 2.80. The number of imide groups is 1. The summed E-state index contributed by atoms with van der Waals surface area (Å²) in [6.45, 7) is 2.07. The molecule has 0 aromatic heterocycles. The quantitative estimate of drug-likeness (QED) is 0.685. The number of nitrogens with zero attached hydrogens (tertiary/aromatic N) is 1. The molecule has 1 N–H and O–H groups in total. The molecule has 0 bridgehead atoms. The minimum atomic E-state index is -0.230. The Morgan fingerprint density at radius 3 is 2.35 bits per heavy atom. The lowest BCUT2D eigenvalue weighted by atomic mass is 9.85. The van der Waals surface area contributed by atoms with Crippen LogP contribution in [0, 0.1) is 18.8 Å². The van der Waals surface area contributed by atoms with Crippen LogP contribution in [0.4, 0.5) is 5.69 Å². The van der Waals surface area contributed by atoms with Crippen molar-refractivity contribution in [3.8, 4) is 0 Å². The molecular formula is C18H20N2O3. The first-order valence-corrected chi connectivity index (χ1v) is 7.93. The van der Waals surface area contributed by atoms with Crippen LogP contribution in [0.3, 0.4) is 0 Å². The maximum Gasteiger partial charge on any atom is 0.233 e. The zero-order chi connectivity index (χ0) is 16.4. The molecule has 0 saturated carbocycles. The standard InChI is InChI=1S/C18H20N2O3/c1-12-6-2-5-9-15(12)19-16(21)10-11-20-17(22)13-7-3-4-8-14(13)18(20)23/h2-6,9,13-14H,7-8,10-11H2,1H3,(H,19,21)/t13-,14-/m0/s1. The maximum absolute atomic E-state index is 12.3. The molecule has 0 spiro atoms. The van der Waals surface area contributed by atoms with Gasteiger partial charge in [-0.05, 0) is 31.4 Å². The van der Waals surface area contributed by atoms with Gasteiger partial charge in [0.15, 0.2) is 0 Å². The van der Waals surface area contributed by atoms with E-state index in [0.717, 1.165) is 11.3 Å². The average molecular weight is 312 g/mol. The highest BCUT2D eigenvalue weighted by Crippen LogP contribution is 2.35. The first-order chi connectivity index (χ1) is 11.1. The van der Waals surface area contributed by atoms with E-state index in [0.29, 0.717) is 12.8 Å². The molecule has 120 valence electrons. The second-order valence-corrected chi connectivity index (χ2v) is 6.10. The summed E-state index contributed by atoms with van der Waals surface area (Å²) < 4.78 is 0. The third-order valence-corrected chi connectivity index (χ3v) is 4.58. The summed E-state index contributed by atoms with van der Waals surface area (Å²) in [6.07, 6.45) is 5.29. The molecule has 0 unspecified atom stereocenters. The fourth-order valence-electron chi connectivity index (χ4n) is 3.23. The molecule has 1 aromatic rings. The van der Waals surface area contributed by atoms with Crippen molar-refractivity contribution in [3.63, 3.8) is 0 Å². The Labute approximate surface area is 135 Å². The van der Waals surface area contributed by atoms with Gasteiger partial charge in [-0.3, -0.25) is 19.3 Å². The van der Waals surface area contributed by atoms with Gasteiger partial charge in [0.25, 0.3) is 0 Å². The van der Waals surface area contributed by atoms with Crippen molar-refractivity contribution in [2.45, 2.75) is 26.2 Å². The molecule has 23 heavy (non-hydrogen) atoms. The van der Waals surface area contributed by atoms with Gasteiger partial charge < -0.3 is 5.32 Å². The summed E-state index contributed by atoms with van der Waals surface area (Å²) in [4.78, 5) is 38.0. The summed E-state index contributed by atoms with van der Waals surface area (Å²) in [7, 11) is 0. The molecule has 1 fully saturated rings. The van der Waals surface area contributed by atoms with Crippen molar-refractivity contribution in [2.75, 3.05) is 11.9 Å². The smallest absolute Gasteiger partial charge is 0.233 e. The number of benzene rings is 1. The van der Waals surface area contributed by atoms with Gasteiger partial charge in [-0.25, -0.2) is 0 Å². The maximum atomic E-state index is 12.3. The monoisotopic (exact) mass is 312 g/mol. The number of likely N-dealkylation sites (tertiary alicyclic amines) is 1. The van der Waals surface area contributed by atoms with Crippen LogP contribution in [0.15, 0.2) is 36.4 Å². The van der Waals surface area contributed by atoms with Crippen molar-refractivity contribution in [1.29, 1.82) is 0 Å². The van der Waals surface area contributed by atoms with Gasteiger partial charge in [0.2, 0.25) is 17.7 Å². The van der Waals surface area contributed by atoms with Crippen LogP contribution in [0.25, 0.3) is 0 Å². The fourth-order valence-corrected chi connectivity index (χ4v) is 3.23. The molecule has 0 radical (unpaired) electrons. The molecule has 1 aliphatic carbocycles. The van der Waals surface area contributed by atoms with E-state index in [4.69, 9.17) is 0 Å². The summed E-state index contributed by atoms with van der Waals surface area (Å²) in [5, 5.41) is 2.83.